The molecule has 18 heavy (non-hydrogen) atoms. The molecule has 0 radical (unpaired) electrons. The highest BCUT2D eigenvalue weighted by Gasteiger charge is 2.23. The predicted molar refractivity (Wildman–Crippen MR) is 71.8 cm³/mol. The second-order valence-corrected chi connectivity index (χ2v) is 5.14. The van der Waals surface area contributed by atoms with Crippen molar-refractivity contribution in [2.45, 2.75) is 32.6 Å². The van der Waals surface area contributed by atoms with Gasteiger partial charge in [0.25, 0.3) is 0 Å². The minimum absolute atomic E-state index is 0.534. The molecule has 0 saturated carbocycles. The van der Waals surface area contributed by atoms with Crippen molar-refractivity contribution >= 4 is 5.65 Å². The Bertz CT molecular complexity index is 538. The minimum atomic E-state index is 0.534. The number of nitrogens with zero attached hydrogens (tertiary/aromatic N) is 4. The van der Waals surface area contributed by atoms with E-state index < -0.39 is 0 Å². The van der Waals surface area contributed by atoms with Crippen LogP contribution in [0, 0.1) is 6.92 Å². The lowest BCUT2D eigenvalue weighted by Gasteiger charge is -2.29. The molecule has 1 saturated heterocycles. The molecule has 0 atom stereocenters. The quantitative estimate of drug-likeness (QED) is 0.812. The van der Waals surface area contributed by atoms with E-state index in [1.165, 1.54) is 31.5 Å². The highest BCUT2D eigenvalue weighted by atomic mass is 15.3. The van der Waals surface area contributed by atoms with Gasteiger partial charge in [-0.15, -0.1) is 0 Å². The minimum Gasteiger partial charge on any atom is -0.304 e. The molecule has 3 heterocycles. The fraction of sp³-hybridized carbons (Fsp3) is 0.571. The molecule has 2 aromatic heterocycles. The van der Waals surface area contributed by atoms with Gasteiger partial charge in [-0.05, 0) is 51.0 Å². The van der Waals surface area contributed by atoms with Crippen LogP contribution in [0.3, 0.4) is 0 Å². The number of piperidine rings is 1. The summed E-state index contributed by atoms with van der Waals surface area (Å²) in [5.74, 6) is 1.56. The van der Waals surface area contributed by atoms with Crippen molar-refractivity contribution in [3.8, 4) is 0 Å². The Labute approximate surface area is 108 Å². The van der Waals surface area contributed by atoms with Gasteiger partial charge in [0, 0.05) is 12.1 Å². The highest BCUT2D eigenvalue weighted by Crippen LogP contribution is 2.26. The van der Waals surface area contributed by atoms with Crippen LogP contribution >= 0.6 is 0 Å². The van der Waals surface area contributed by atoms with E-state index >= 15 is 0 Å². The molecule has 4 nitrogen and oxygen atoms in total. The smallest absolute Gasteiger partial charge is 0.158 e. The molecule has 0 N–H and O–H groups in total. The first kappa shape index (κ1) is 11.7. The fourth-order valence-corrected chi connectivity index (χ4v) is 2.74. The standard InChI is InChI=1S/C14H20N4/c1-3-17-9-6-12(7-10-17)13-15-14-11(2)5-4-8-18(14)16-13/h4-5,8,12H,3,6-7,9-10H2,1-2H3. The Morgan fingerprint density at radius 3 is 2.78 bits per heavy atom. The fourth-order valence-electron chi connectivity index (χ4n) is 2.74. The van der Waals surface area contributed by atoms with E-state index in [2.05, 4.69) is 29.9 Å². The van der Waals surface area contributed by atoms with Gasteiger partial charge in [-0.2, -0.15) is 5.10 Å². The summed E-state index contributed by atoms with van der Waals surface area (Å²) in [6.07, 6.45) is 4.35. The van der Waals surface area contributed by atoms with Crippen molar-refractivity contribution < 1.29 is 0 Å². The van der Waals surface area contributed by atoms with Crippen LogP contribution in [0.15, 0.2) is 18.3 Å². The number of likely N-dealkylation sites (tertiary alicyclic amines) is 1. The van der Waals surface area contributed by atoms with Crippen LogP contribution in [0.5, 0.6) is 0 Å². The van der Waals surface area contributed by atoms with Crippen molar-refractivity contribution in [1.29, 1.82) is 0 Å². The first-order valence-corrected chi connectivity index (χ1v) is 6.82. The van der Waals surface area contributed by atoms with Crippen LogP contribution in [0.1, 0.15) is 37.1 Å². The summed E-state index contributed by atoms with van der Waals surface area (Å²) in [6.45, 7) is 7.83. The van der Waals surface area contributed by atoms with Gasteiger partial charge in [0.2, 0.25) is 0 Å². The molecule has 1 aliphatic heterocycles. The van der Waals surface area contributed by atoms with E-state index in [0.29, 0.717) is 5.92 Å². The summed E-state index contributed by atoms with van der Waals surface area (Å²) in [5, 5.41) is 4.64. The number of aromatic nitrogens is 3. The Morgan fingerprint density at radius 2 is 2.11 bits per heavy atom. The van der Waals surface area contributed by atoms with E-state index in [1.54, 1.807) is 0 Å². The maximum absolute atomic E-state index is 4.72. The summed E-state index contributed by atoms with van der Waals surface area (Å²) in [7, 11) is 0. The second-order valence-electron chi connectivity index (χ2n) is 5.14. The molecule has 0 amide bonds. The van der Waals surface area contributed by atoms with Crippen molar-refractivity contribution in [2.75, 3.05) is 19.6 Å². The maximum Gasteiger partial charge on any atom is 0.158 e. The molecule has 1 aliphatic rings. The molecule has 1 fully saturated rings. The molecule has 0 aliphatic carbocycles. The topological polar surface area (TPSA) is 33.4 Å². The average Bonchev–Trinajstić information content (AvgIpc) is 2.84. The molecule has 3 rings (SSSR count). The molecule has 0 unspecified atom stereocenters. The molecular weight excluding hydrogens is 224 g/mol. The third kappa shape index (κ3) is 2.01. The van der Waals surface area contributed by atoms with Crippen molar-refractivity contribution in [1.82, 2.24) is 19.5 Å². The molecule has 96 valence electrons. The monoisotopic (exact) mass is 244 g/mol. The van der Waals surface area contributed by atoms with Crippen LogP contribution in [0.25, 0.3) is 5.65 Å². The van der Waals surface area contributed by atoms with E-state index in [4.69, 9.17) is 4.98 Å². The number of aryl methyl sites for hydroxylation is 1. The highest BCUT2D eigenvalue weighted by molar-refractivity contribution is 5.46. The number of hydrogen-bond acceptors (Lipinski definition) is 3. The van der Waals surface area contributed by atoms with Crippen molar-refractivity contribution in [3.05, 3.63) is 29.7 Å². The third-order valence-electron chi connectivity index (χ3n) is 3.97. The Hall–Kier alpha value is -1.42. The second kappa shape index (κ2) is 4.69. The zero-order valence-corrected chi connectivity index (χ0v) is 11.1. The maximum atomic E-state index is 4.72. The largest absolute Gasteiger partial charge is 0.304 e. The Balaban J connectivity index is 1.85. The lowest BCUT2D eigenvalue weighted by molar-refractivity contribution is 0.219. The zero-order valence-electron chi connectivity index (χ0n) is 11.1. The van der Waals surface area contributed by atoms with Crippen molar-refractivity contribution in [2.24, 2.45) is 0 Å². The van der Waals surface area contributed by atoms with Gasteiger partial charge in [0.1, 0.15) is 0 Å². The van der Waals surface area contributed by atoms with Crippen LogP contribution in [-0.2, 0) is 0 Å². The molecule has 0 spiro atoms. The first-order chi connectivity index (χ1) is 8.78. The number of hydrogen-bond donors (Lipinski definition) is 0. The SMILES string of the molecule is CCN1CCC(c2nc3c(C)cccn3n2)CC1. The van der Waals surface area contributed by atoms with Crippen LogP contribution in [0.2, 0.25) is 0 Å². The number of rotatable bonds is 2. The van der Waals surface area contributed by atoms with Gasteiger partial charge in [-0.1, -0.05) is 13.0 Å². The summed E-state index contributed by atoms with van der Waals surface area (Å²) in [6, 6.07) is 4.12. The van der Waals surface area contributed by atoms with E-state index in [9.17, 15) is 0 Å². The first-order valence-electron chi connectivity index (χ1n) is 6.82. The van der Waals surface area contributed by atoms with Crippen LogP contribution < -0.4 is 0 Å². The van der Waals surface area contributed by atoms with Crippen molar-refractivity contribution in [3.63, 3.8) is 0 Å². The van der Waals surface area contributed by atoms with Gasteiger partial charge in [0.05, 0.1) is 0 Å². The zero-order chi connectivity index (χ0) is 12.5. The van der Waals surface area contributed by atoms with Crippen LogP contribution in [-0.4, -0.2) is 39.1 Å². The van der Waals surface area contributed by atoms with Crippen LogP contribution in [0.4, 0.5) is 0 Å². The summed E-state index contributed by atoms with van der Waals surface area (Å²) in [5.41, 5.74) is 2.20. The molecule has 4 heteroatoms. The third-order valence-corrected chi connectivity index (χ3v) is 3.97. The summed E-state index contributed by atoms with van der Waals surface area (Å²) < 4.78 is 1.91. The van der Waals surface area contributed by atoms with Gasteiger partial charge in [0.15, 0.2) is 11.5 Å². The molecule has 0 aromatic carbocycles. The van der Waals surface area contributed by atoms with Gasteiger partial charge < -0.3 is 4.90 Å². The predicted octanol–water partition coefficient (Wildman–Crippen LogP) is 2.24. The van der Waals surface area contributed by atoms with Gasteiger partial charge in [-0.3, -0.25) is 0 Å². The summed E-state index contributed by atoms with van der Waals surface area (Å²) >= 11 is 0. The number of fused-ring (bicyclic) bond motifs is 1. The summed E-state index contributed by atoms with van der Waals surface area (Å²) in [4.78, 5) is 7.22. The Morgan fingerprint density at radius 1 is 1.33 bits per heavy atom. The van der Waals surface area contributed by atoms with Gasteiger partial charge in [-0.25, -0.2) is 9.50 Å². The lowest BCUT2D eigenvalue weighted by Crippen LogP contribution is -2.32. The molecule has 0 bridgehead atoms. The van der Waals surface area contributed by atoms with E-state index in [1.807, 2.05) is 16.8 Å². The molecule has 2 aromatic rings. The molecular formula is C14H20N4. The van der Waals surface area contributed by atoms with E-state index in [0.717, 1.165) is 18.0 Å². The van der Waals surface area contributed by atoms with Gasteiger partial charge >= 0.3 is 0 Å². The normalized spacial score (nSPS) is 18.6. The average molecular weight is 244 g/mol. The Kier molecular flexibility index (Phi) is 3.04. The van der Waals surface area contributed by atoms with E-state index in [-0.39, 0.29) is 0 Å². The lowest BCUT2D eigenvalue weighted by atomic mass is 9.96. The number of pyridine rings is 1.